The van der Waals surface area contributed by atoms with E-state index in [1.807, 2.05) is 29.2 Å². The van der Waals surface area contributed by atoms with E-state index in [4.69, 9.17) is 11.6 Å². The number of nitrogens with one attached hydrogen (secondary N) is 1. The highest BCUT2D eigenvalue weighted by Gasteiger charge is 2.41. The predicted molar refractivity (Wildman–Crippen MR) is 110 cm³/mol. The van der Waals surface area contributed by atoms with Crippen LogP contribution in [0, 0.1) is 0 Å². The first-order valence-corrected chi connectivity index (χ1v) is 10.5. The van der Waals surface area contributed by atoms with Gasteiger partial charge in [0.1, 0.15) is 5.69 Å². The van der Waals surface area contributed by atoms with E-state index in [0.29, 0.717) is 17.3 Å². The van der Waals surface area contributed by atoms with E-state index in [-0.39, 0.29) is 11.9 Å². The van der Waals surface area contributed by atoms with Gasteiger partial charge in [0.15, 0.2) is 0 Å². The molecule has 0 radical (unpaired) electrons. The molecule has 3 aromatic rings. The van der Waals surface area contributed by atoms with Crippen LogP contribution in [0.3, 0.4) is 0 Å². The van der Waals surface area contributed by atoms with Gasteiger partial charge in [-0.1, -0.05) is 42.8 Å². The molecule has 1 unspecified atom stereocenters. The summed E-state index contributed by atoms with van der Waals surface area (Å²) < 4.78 is 0. The van der Waals surface area contributed by atoms with Gasteiger partial charge in [-0.15, -0.1) is 11.8 Å². The number of aromatic nitrogens is 2. The first-order valence-electron chi connectivity index (χ1n) is 8.93. The van der Waals surface area contributed by atoms with Gasteiger partial charge in [0, 0.05) is 27.6 Å². The third-order valence-electron chi connectivity index (χ3n) is 4.88. The van der Waals surface area contributed by atoms with Crippen LogP contribution >= 0.6 is 23.4 Å². The van der Waals surface area contributed by atoms with Gasteiger partial charge < -0.3 is 4.90 Å². The summed E-state index contributed by atoms with van der Waals surface area (Å²) in [5.74, 6) is 0.0125. The zero-order chi connectivity index (χ0) is 19.0. The highest BCUT2D eigenvalue weighted by molar-refractivity contribution is 7.98. The van der Waals surface area contributed by atoms with Crippen molar-refractivity contribution in [1.29, 1.82) is 0 Å². The number of H-pyrrole nitrogens is 1. The van der Waals surface area contributed by atoms with Gasteiger partial charge in [0.25, 0.3) is 5.91 Å². The minimum Gasteiger partial charge on any atom is -0.326 e. The second-order valence-electron chi connectivity index (χ2n) is 6.54. The summed E-state index contributed by atoms with van der Waals surface area (Å²) in [6, 6.07) is 15.9. The number of hydrogen-bond acceptors (Lipinski definition) is 3. The van der Waals surface area contributed by atoms with Gasteiger partial charge in [-0.2, -0.15) is 5.10 Å². The summed E-state index contributed by atoms with van der Waals surface area (Å²) in [6.07, 6.45) is 2.96. The lowest BCUT2D eigenvalue weighted by molar-refractivity contribution is 0.0744. The normalized spacial score (nSPS) is 16.0. The van der Waals surface area contributed by atoms with Crippen molar-refractivity contribution >= 4 is 29.3 Å². The van der Waals surface area contributed by atoms with Crippen LogP contribution in [0.15, 0.2) is 53.4 Å². The van der Waals surface area contributed by atoms with Crippen LogP contribution in [0.25, 0.3) is 11.3 Å². The lowest BCUT2D eigenvalue weighted by Crippen LogP contribution is -2.30. The zero-order valence-corrected chi connectivity index (χ0v) is 16.8. The molecule has 1 amide bonds. The van der Waals surface area contributed by atoms with Crippen molar-refractivity contribution in [3.63, 3.8) is 0 Å². The molecule has 4 nitrogen and oxygen atoms in total. The van der Waals surface area contributed by atoms with Gasteiger partial charge in [0.05, 0.1) is 11.7 Å². The maximum Gasteiger partial charge on any atom is 0.273 e. The molecule has 2 aromatic carbocycles. The van der Waals surface area contributed by atoms with Crippen molar-refractivity contribution in [2.24, 2.45) is 0 Å². The molecular weight excluding hydrogens is 378 g/mol. The van der Waals surface area contributed by atoms with E-state index in [2.05, 4.69) is 47.6 Å². The second kappa shape index (κ2) is 7.41. The summed E-state index contributed by atoms with van der Waals surface area (Å²) in [6.45, 7) is 2.79. The third kappa shape index (κ3) is 3.15. The third-order valence-corrected chi connectivity index (χ3v) is 5.87. The fourth-order valence-electron chi connectivity index (χ4n) is 3.63. The topological polar surface area (TPSA) is 49.0 Å². The Kier molecular flexibility index (Phi) is 4.98. The lowest BCUT2D eigenvalue weighted by atomic mass is 9.96. The Morgan fingerprint density at radius 3 is 2.48 bits per heavy atom. The SMILES string of the molecule is CCCN1C(=O)c2[nH]nc(-c3ccc(Cl)cc3)c2C1c1ccc(SC)cc1. The molecule has 1 aliphatic rings. The van der Waals surface area contributed by atoms with Crippen molar-refractivity contribution < 1.29 is 4.79 Å². The summed E-state index contributed by atoms with van der Waals surface area (Å²) in [7, 11) is 0. The molecule has 0 spiro atoms. The molecule has 2 heterocycles. The number of aromatic amines is 1. The highest BCUT2D eigenvalue weighted by atomic mass is 35.5. The van der Waals surface area contributed by atoms with Crippen molar-refractivity contribution in [2.45, 2.75) is 24.3 Å². The van der Waals surface area contributed by atoms with Crippen molar-refractivity contribution in [3.05, 3.63) is 70.4 Å². The number of nitrogens with zero attached hydrogens (tertiary/aromatic N) is 2. The van der Waals surface area contributed by atoms with Gasteiger partial charge in [-0.3, -0.25) is 9.89 Å². The lowest BCUT2D eigenvalue weighted by Gasteiger charge is -2.26. The number of rotatable bonds is 5. The first-order chi connectivity index (χ1) is 13.1. The maximum absolute atomic E-state index is 13.0. The molecule has 0 saturated heterocycles. The Morgan fingerprint density at radius 1 is 1.15 bits per heavy atom. The molecule has 4 rings (SSSR count). The Bertz CT molecular complexity index is 966. The molecule has 0 saturated carbocycles. The van der Waals surface area contributed by atoms with Crippen LogP contribution in [0.5, 0.6) is 0 Å². The van der Waals surface area contributed by atoms with E-state index in [1.165, 1.54) is 4.90 Å². The monoisotopic (exact) mass is 397 g/mol. The number of fused-ring (bicyclic) bond motifs is 1. The molecule has 0 bridgehead atoms. The smallest absolute Gasteiger partial charge is 0.273 e. The Labute approximate surface area is 167 Å². The van der Waals surface area contributed by atoms with Crippen molar-refractivity contribution in [3.8, 4) is 11.3 Å². The molecule has 1 N–H and O–H groups in total. The van der Waals surface area contributed by atoms with E-state index >= 15 is 0 Å². The fraction of sp³-hybridized carbons (Fsp3) is 0.238. The van der Waals surface area contributed by atoms with Gasteiger partial charge in [-0.05, 0) is 42.5 Å². The molecule has 1 atom stereocenters. The Hall–Kier alpha value is -2.24. The fourth-order valence-corrected chi connectivity index (χ4v) is 4.16. The molecule has 0 fully saturated rings. The van der Waals surface area contributed by atoms with Crippen LogP contribution in [0.2, 0.25) is 5.02 Å². The predicted octanol–water partition coefficient (Wildman–Crippen LogP) is 5.41. The maximum atomic E-state index is 13.0. The molecule has 0 aliphatic carbocycles. The number of amides is 1. The Balaban J connectivity index is 1.85. The van der Waals surface area contributed by atoms with Crippen molar-refractivity contribution in [1.82, 2.24) is 15.1 Å². The number of halogens is 1. The Morgan fingerprint density at radius 2 is 1.85 bits per heavy atom. The van der Waals surface area contributed by atoms with Crippen LogP contribution in [0.4, 0.5) is 0 Å². The number of thioether (sulfide) groups is 1. The standard InChI is InChI=1S/C21H20ClN3OS/c1-3-12-25-20(14-6-10-16(27-2)11-7-14)17-18(23-24-19(17)21(25)26)13-4-8-15(22)9-5-13/h4-11,20H,3,12H2,1-2H3,(H,23,24). The molecular formula is C21H20ClN3OS. The van der Waals surface area contributed by atoms with Crippen molar-refractivity contribution in [2.75, 3.05) is 12.8 Å². The average molecular weight is 398 g/mol. The summed E-state index contributed by atoms with van der Waals surface area (Å²) in [5.41, 5.74) is 4.41. The molecule has 138 valence electrons. The number of carbonyl (C=O) groups is 1. The average Bonchev–Trinajstić information content (AvgIpc) is 3.23. The zero-order valence-electron chi connectivity index (χ0n) is 15.2. The quantitative estimate of drug-likeness (QED) is 0.586. The minimum absolute atomic E-state index is 0.0125. The number of carbonyl (C=O) groups excluding carboxylic acids is 1. The molecule has 27 heavy (non-hydrogen) atoms. The van der Waals surface area contributed by atoms with Gasteiger partial charge in [0.2, 0.25) is 0 Å². The van der Waals surface area contributed by atoms with Crippen LogP contribution < -0.4 is 0 Å². The van der Waals surface area contributed by atoms with Crippen LogP contribution in [-0.2, 0) is 0 Å². The highest BCUT2D eigenvalue weighted by Crippen LogP contribution is 2.43. The largest absolute Gasteiger partial charge is 0.326 e. The summed E-state index contributed by atoms with van der Waals surface area (Å²) in [4.78, 5) is 16.2. The van der Waals surface area contributed by atoms with E-state index < -0.39 is 0 Å². The van der Waals surface area contributed by atoms with Crippen LogP contribution in [-0.4, -0.2) is 33.8 Å². The first kappa shape index (κ1) is 18.1. The van der Waals surface area contributed by atoms with Crippen LogP contribution in [0.1, 0.15) is 41.0 Å². The van der Waals surface area contributed by atoms with Gasteiger partial charge in [-0.25, -0.2) is 0 Å². The second-order valence-corrected chi connectivity index (χ2v) is 7.86. The minimum atomic E-state index is -0.132. The van der Waals surface area contributed by atoms with E-state index in [9.17, 15) is 4.79 Å². The summed E-state index contributed by atoms with van der Waals surface area (Å²) >= 11 is 7.75. The van der Waals surface area contributed by atoms with E-state index in [1.54, 1.807) is 11.8 Å². The number of benzene rings is 2. The van der Waals surface area contributed by atoms with Gasteiger partial charge >= 0.3 is 0 Å². The molecule has 1 aliphatic heterocycles. The summed E-state index contributed by atoms with van der Waals surface area (Å²) in [5, 5.41) is 8.13. The number of hydrogen-bond donors (Lipinski definition) is 1. The molecule has 6 heteroatoms. The van der Waals surface area contributed by atoms with E-state index in [0.717, 1.165) is 28.8 Å². The molecule has 1 aromatic heterocycles.